The minimum Gasteiger partial charge on any atom is -0.383 e. The summed E-state index contributed by atoms with van der Waals surface area (Å²) in [5, 5.41) is 11.1. The highest BCUT2D eigenvalue weighted by atomic mass is 16.2. The number of hydrazine groups is 1. The van der Waals surface area contributed by atoms with E-state index in [1.54, 1.807) is 23.0 Å². The van der Waals surface area contributed by atoms with Gasteiger partial charge in [0, 0.05) is 51.9 Å². The minimum atomic E-state index is -0.256. The Morgan fingerprint density at radius 2 is 1.89 bits per heavy atom. The summed E-state index contributed by atoms with van der Waals surface area (Å²) < 4.78 is 1.68. The molecular weight excluding hydrogens is 466 g/mol. The molecule has 0 atom stereocenters. The molecule has 3 N–H and O–H groups in total. The Balaban J connectivity index is 1.54. The van der Waals surface area contributed by atoms with Crippen molar-refractivity contribution in [3.05, 3.63) is 59.7 Å². The van der Waals surface area contributed by atoms with E-state index in [9.17, 15) is 10.1 Å². The first-order valence-corrected chi connectivity index (χ1v) is 12.9. The standard InChI is InChI=1S/C27H37N9O/c1-20(16-28)31-26(24-25(29)34(3)19-30-24)36(18-21-6-4-5-7-21)32-27(37)23-10-8-22(9-11-23)17-35-14-12-33(2)13-15-35/h8-11,19,21H,1,4-7,12-15,17-18,29H2,2-3H3,(H,32,37). The van der Waals surface area contributed by atoms with Crippen LogP contribution in [0.25, 0.3) is 0 Å². The van der Waals surface area contributed by atoms with E-state index in [2.05, 4.69) is 38.8 Å². The van der Waals surface area contributed by atoms with Gasteiger partial charge in [0.1, 0.15) is 23.3 Å². The van der Waals surface area contributed by atoms with E-state index in [-0.39, 0.29) is 11.6 Å². The molecule has 0 bridgehead atoms. The Kier molecular flexibility index (Phi) is 8.58. The third kappa shape index (κ3) is 6.76. The minimum absolute atomic E-state index is 0.0129. The highest BCUT2D eigenvalue weighted by molar-refractivity contribution is 6.03. The average Bonchev–Trinajstić information content (AvgIpc) is 3.53. The first-order chi connectivity index (χ1) is 17.8. The van der Waals surface area contributed by atoms with E-state index in [1.807, 2.05) is 30.3 Å². The van der Waals surface area contributed by atoms with Gasteiger partial charge in [-0.1, -0.05) is 31.6 Å². The molecule has 4 rings (SSSR count). The molecule has 1 aliphatic heterocycles. The second-order valence-electron chi connectivity index (χ2n) is 10.1. The average molecular weight is 504 g/mol. The van der Waals surface area contributed by atoms with Crippen molar-refractivity contribution >= 4 is 17.6 Å². The summed E-state index contributed by atoms with van der Waals surface area (Å²) >= 11 is 0. The number of nitrogens with zero attached hydrogens (tertiary/aromatic N) is 7. The maximum absolute atomic E-state index is 13.4. The molecule has 1 saturated heterocycles. The lowest BCUT2D eigenvalue weighted by atomic mass is 10.1. The van der Waals surface area contributed by atoms with Crippen LogP contribution in [0.3, 0.4) is 0 Å². The number of aromatic nitrogens is 2. The first kappa shape index (κ1) is 26.4. The monoisotopic (exact) mass is 503 g/mol. The van der Waals surface area contributed by atoms with Crippen LogP contribution in [0.1, 0.15) is 47.3 Å². The van der Waals surface area contributed by atoms with Crippen LogP contribution in [0.2, 0.25) is 0 Å². The number of allylic oxidation sites excluding steroid dienone is 1. The Morgan fingerprint density at radius 1 is 1.22 bits per heavy atom. The molecule has 10 heteroatoms. The molecule has 1 aromatic heterocycles. The molecule has 2 aliphatic rings. The molecule has 196 valence electrons. The van der Waals surface area contributed by atoms with Crippen LogP contribution in [0.15, 0.2) is 47.9 Å². The fourth-order valence-electron chi connectivity index (χ4n) is 4.86. The van der Waals surface area contributed by atoms with Gasteiger partial charge in [-0.05, 0) is 43.5 Å². The number of amides is 1. The number of aryl methyl sites for hydroxylation is 1. The van der Waals surface area contributed by atoms with E-state index in [4.69, 9.17) is 5.73 Å². The maximum Gasteiger partial charge on any atom is 0.269 e. The van der Waals surface area contributed by atoms with Gasteiger partial charge in [-0.15, -0.1) is 0 Å². The van der Waals surface area contributed by atoms with E-state index >= 15 is 0 Å². The molecule has 0 unspecified atom stereocenters. The number of hydrogen-bond acceptors (Lipinski definition) is 7. The van der Waals surface area contributed by atoms with Crippen molar-refractivity contribution in [3.8, 4) is 6.07 Å². The number of amidine groups is 1. The van der Waals surface area contributed by atoms with Gasteiger partial charge in [-0.3, -0.25) is 20.1 Å². The molecule has 37 heavy (non-hydrogen) atoms. The number of imidazole rings is 1. The number of rotatable bonds is 7. The van der Waals surface area contributed by atoms with Gasteiger partial charge in [0.05, 0.1) is 6.33 Å². The molecule has 2 fully saturated rings. The number of nitrogen functional groups attached to an aromatic ring is 1. The summed E-state index contributed by atoms with van der Waals surface area (Å²) in [4.78, 5) is 27.0. The van der Waals surface area contributed by atoms with Gasteiger partial charge in [0.2, 0.25) is 0 Å². The number of anilines is 1. The number of aliphatic imine (C=N–C) groups is 1. The summed E-state index contributed by atoms with van der Waals surface area (Å²) in [5.74, 6) is 0.839. The van der Waals surface area contributed by atoms with Crippen LogP contribution in [0.5, 0.6) is 0 Å². The third-order valence-electron chi connectivity index (χ3n) is 7.19. The molecule has 0 spiro atoms. The molecule has 10 nitrogen and oxygen atoms in total. The second kappa shape index (κ2) is 12.0. The van der Waals surface area contributed by atoms with Gasteiger partial charge in [0.25, 0.3) is 5.91 Å². The molecule has 2 heterocycles. The SMILES string of the molecule is C=C(C#N)N=C(c1ncn(C)c1N)N(CC1CCCC1)NC(=O)c1ccc(CN2CCN(C)CC2)cc1. The lowest BCUT2D eigenvalue weighted by Gasteiger charge is -2.32. The van der Waals surface area contributed by atoms with Crippen LogP contribution in [-0.4, -0.2) is 75.9 Å². The lowest BCUT2D eigenvalue weighted by Crippen LogP contribution is -2.49. The summed E-state index contributed by atoms with van der Waals surface area (Å²) in [5.41, 5.74) is 11.4. The van der Waals surface area contributed by atoms with Gasteiger partial charge >= 0.3 is 0 Å². The summed E-state index contributed by atoms with van der Waals surface area (Å²) in [6, 6.07) is 9.70. The normalized spacial score (nSPS) is 17.5. The Bertz CT molecular complexity index is 1160. The number of benzene rings is 1. The quantitative estimate of drug-likeness (QED) is 0.258. The van der Waals surface area contributed by atoms with Crippen molar-refractivity contribution in [2.45, 2.75) is 32.2 Å². The number of nitrogens with one attached hydrogen (secondary N) is 1. The molecule has 1 aliphatic carbocycles. The Hall–Kier alpha value is -3.68. The lowest BCUT2D eigenvalue weighted by molar-refractivity contribution is 0.0858. The molecule has 1 aromatic carbocycles. The number of nitriles is 1. The fraction of sp³-hybridized carbons (Fsp3) is 0.481. The van der Waals surface area contributed by atoms with Crippen LogP contribution >= 0.6 is 0 Å². The number of carbonyl (C=O) groups excluding carboxylic acids is 1. The van der Waals surface area contributed by atoms with E-state index in [0.29, 0.717) is 35.4 Å². The second-order valence-corrected chi connectivity index (χ2v) is 10.1. The molecule has 1 amide bonds. The highest BCUT2D eigenvalue weighted by Gasteiger charge is 2.27. The van der Waals surface area contributed by atoms with Gasteiger partial charge < -0.3 is 15.2 Å². The predicted octanol–water partition coefficient (Wildman–Crippen LogP) is 2.37. The van der Waals surface area contributed by atoms with Crippen molar-refractivity contribution in [2.24, 2.45) is 18.0 Å². The molecule has 2 aromatic rings. The largest absolute Gasteiger partial charge is 0.383 e. The van der Waals surface area contributed by atoms with Crippen molar-refractivity contribution in [1.29, 1.82) is 5.26 Å². The Labute approximate surface area is 219 Å². The highest BCUT2D eigenvalue weighted by Crippen LogP contribution is 2.26. The summed E-state index contributed by atoms with van der Waals surface area (Å²) in [6.07, 6.45) is 6.04. The summed E-state index contributed by atoms with van der Waals surface area (Å²) in [7, 11) is 3.93. The van der Waals surface area contributed by atoms with Crippen molar-refractivity contribution in [2.75, 3.05) is 45.5 Å². The first-order valence-electron chi connectivity index (χ1n) is 12.9. The number of hydrogen-bond donors (Lipinski definition) is 2. The van der Waals surface area contributed by atoms with Crippen LogP contribution in [0, 0.1) is 17.2 Å². The number of nitrogens with two attached hydrogens (primary N) is 1. The summed E-state index contributed by atoms with van der Waals surface area (Å²) in [6.45, 7) is 9.36. The van der Waals surface area contributed by atoms with Gasteiger partial charge in [0.15, 0.2) is 5.84 Å². The van der Waals surface area contributed by atoms with Crippen molar-refractivity contribution in [3.63, 3.8) is 0 Å². The van der Waals surface area contributed by atoms with Gasteiger partial charge in [-0.2, -0.15) is 5.26 Å². The molecular formula is C27H37N9O. The van der Waals surface area contributed by atoms with E-state index in [1.165, 1.54) is 5.56 Å². The van der Waals surface area contributed by atoms with Gasteiger partial charge in [-0.25, -0.2) is 9.98 Å². The third-order valence-corrected chi connectivity index (χ3v) is 7.19. The zero-order valence-corrected chi connectivity index (χ0v) is 21.9. The van der Waals surface area contributed by atoms with Crippen molar-refractivity contribution in [1.82, 2.24) is 29.8 Å². The molecule has 1 saturated carbocycles. The van der Waals surface area contributed by atoms with E-state index in [0.717, 1.165) is 58.4 Å². The molecule has 0 radical (unpaired) electrons. The van der Waals surface area contributed by atoms with E-state index < -0.39 is 0 Å². The Morgan fingerprint density at radius 3 is 2.49 bits per heavy atom. The number of piperazine rings is 1. The fourth-order valence-corrected chi connectivity index (χ4v) is 4.86. The van der Waals surface area contributed by atoms with Crippen LogP contribution in [-0.2, 0) is 13.6 Å². The van der Waals surface area contributed by atoms with Crippen LogP contribution < -0.4 is 11.2 Å². The smallest absolute Gasteiger partial charge is 0.269 e. The van der Waals surface area contributed by atoms with Crippen molar-refractivity contribution < 1.29 is 4.79 Å². The van der Waals surface area contributed by atoms with Crippen LogP contribution in [0.4, 0.5) is 5.82 Å². The predicted molar refractivity (Wildman–Crippen MR) is 144 cm³/mol. The zero-order valence-electron chi connectivity index (χ0n) is 21.9. The zero-order chi connectivity index (χ0) is 26.4. The number of likely N-dealkylation sites (N-methyl/N-ethyl adjacent to an activating group) is 1. The maximum atomic E-state index is 13.4. The topological polar surface area (TPSA) is 119 Å². The number of carbonyl (C=O) groups is 1.